The molecule has 3 rings (SSSR count). The molecule has 0 spiro atoms. The first kappa shape index (κ1) is 13.2. The highest BCUT2D eigenvalue weighted by Gasteiger charge is 2.37. The summed E-state index contributed by atoms with van der Waals surface area (Å²) < 4.78 is 10.9. The van der Waals surface area contributed by atoms with Crippen LogP contribution in [-0.2, 0) is 9.53 Å². The normalized spacial score (nSPS) is 20.6. The number of rotatable bonds is 5. The van der Waals surface area contributed by atoms with Gasteiger partial charge >= 0.3 is 0 Å². The first-order chi connectivity index (χ1) is 9.79. The molecule has 5 nitrogen and oxygen atoms in total. The molecular formula is C15H20N2O3. The monoisotopic (exact) mass is 276 g/mol. The predicted molar refractivity (Wildman–Crippen MR) is 76.0 cm³/mol. The van der Waals surface area contributed by atoms with Crippen molar-refractivity contribution in [2.45, 2.75) is 25.0 Å². The highest BCUT2D eigenvalue weighted by Crippen LogP contribution is 2.31. The fraction of sp³-hybridized carbons (Fsp3) is 0.533. The van der Waals surface area contributed by atoms with E-state index in [1.165, 1.54) is 0 Å². The molecule has 5 heteroatoms. The number of benzene rings is 1. The predicted octanol–water partition coefficient (Wildman–Crippen LogP) is 1.50. The van der Waals surface area contributed by atoms with E-state index < -0.39 is 6.10 Å². The van der Waals surface area contributed by atoms with Gasteiger partial charge in [0.05, 0.1) is 18.8 Å². The molecule has 108 valence electrons. The molecule has 0 radical (unpaired) electrons. The second-order valence-corrected chi connectivity index (χ2v) is 5.24. The van der Waals surface area contributed by atoms with E-state index in [9.17, 15) is 4.79 Å². The number of anilines is 1. The second-order valence-electron chi connectivity index (χ2n) is 5.24. The van der Waals surface area contributed by atoms with E-state index in [-0.39, 0.29) is 5.91 Å². The van der Waals surface area contributed by atoms with Crippen molar-refractivity contribution < 1.29 is 14.3 Å². The Morgan fingerprint density at radius 1 is 1.45 bits per heavy atom. The van der Waals surface area contributed by atoms with Crippen LogP contribution >= 0.6 is 0 Å². The lowest BCUT2D eigenvalue weighted by atomic mass is 10.2. The zero-order valence-electron chi connectivity index (χ0n) is 11.7. The number of carbonyl (C=O) groups excluding carboxylic acids is 1. The summed E-state index contributed by atoms with van der Waals surface area (Å²) in [6, 6.07) is 8.08. The van der Waals surface area contributed by atoms with Gasteiger partial charge in [-0.25, -0.2) is 0 Å². The van der Waals surface area contributed by atoms with Crippen molar-refractivity contribution in [3.8, 4) is 5.75 Å². The van der Waals surface area contributed by atoms with Crippen molar-refractivity contribution in [3.05, 3.63) is 24.3 Å². The van der Waals surface area contributed by atoms with E-state index in [0.29, 0.717) is 25.7 Å². The third kappa shape index (κ3) is 2.72. The van der Waals surface area contributed by atoms with Crippen molar-refractivity contribution in [3.63, 3.8) is 0 Å². The summed E-state index contributed by atoms with van der Waals surface area (Å²) in [5.41, 5.74) is 0.950. The lowest BCUT2D eigenvalue weighted by Gasteiger charge is -2.31. The SMILES string of the molecule is COCCN(C(=O)C1CNc2ccccc2O1)C1CC1. The first-order valence-electron chi connectivity index (χ1n) is 7.08. The van der Waals surface area contributed by atoms with Gasteiger partial charge in [-0.2, -0.15) is 0 Å². The maximum Gasteiger partial charge on any atom is 0.265 e. The van der Waals surface area contributed by atoms with Crippen molar-refractivity contribution >= 4 is 11.6 Å². The zero-order valence-corrected chi connectivity index (χ0v) is 11.7. The minimum absolute atomic E-state index is 0.0616. The topological polar surface area (TPSA) is 50.8 Å². The highest BCUT2D eigenvalue weighted by molar-refractivity contribution is 5.83. The Hall–Kier alpha value is -1.75. The molecule has 1 aromatic rings. The van der Waals surface area contributed by atoms with Gasteiger partial charge in [-0.1, -0.05) is 12.1 Å². The number of hydrogen-bond acceptors (Lipinski definition) is 4. The van der Waals surface area contributed by atoms with E-state index in [0.717, 1.165) is 24.3 Å². The summed E-state index contributed by atoms with van der Waals surface area (Å²) >= 11 is 0. The molecule has 0 aromatic heterocycles. The van der Waals surface area contributed by atoms with E-state index in [2.05, 4.69) is 5.32 Å². The van der Waals surface area contributed by atoms with Crippen LogP contribution in [0.15, 0.2) is 24.3 Å². The van der Waals surface area contributed by atoms with Gasteiger partial charge in [0.15, 0.2) is 6.10 Å². The molecule has 1 atom stereocenters. The average Bonchev–Trinajstić information content (AvgIpc) is 3.32. The Kier molecular flexibility index (Phi) is 3.78. The van der Waals surface area contributed by atoms with Gasteiger partial charge < -0.3 is 19.7 Å². The molecule has 1 heterocycles. The number of nitrogens with zero attached hydrogens (tertiary/aromatic N) is 1. The fourth-order valence-corrected chi connectivity index (χ4v) is 2.48. The quantitative estimate of drug-likeness (QED) is 0.885. The number of carbonyl (C=O) groups is 1. The number of methoxy groups -OCH3 is 1. The van der Waals surface area contributed by atoms with E-state index in [1.807, 2.05) is 29.2 Å². The summed E-state index contributed by atoms with van der Waals surface area (Å²) in [6.07, 6.45) is 1.74. The zero-order chi connectivity index (χ0) is 13.9. The molecule has 20 heavy (non-hydrogen) atoms. The molecular weight excluding hydrogens is 256 g/mol. The van der Waals surface area contributed by atoms with E-state index >= 15 is 0 Å². The number of hydrogen-bond donors (Lipinski definition) is 1. The van der Waals surface area contributed by atoms with Crippen molar-refractivity contribution in [1.29, 1.82) is 0 Å². The number of amides is 1. The Balaban J connectivity index is 1.68. The van der Waals surface area contributed by atoms with E-state index in [1.54, 1.807) is 7.11 Å². The van der Waals surface area contributed by atoms with Crippen LogP contribution in [0.2, 0.25) is 0 Å². The number of nitrogens with one attached hydrogen (secondary N) is 1. The van der Waals surface area contributed by atoms with Crippen LogP contribution in [0.1, 0.15) is 12.8 Å². The van der Waals surface area contributed by atoms with Crippen LogP contribution in [0.4, 0.5) is 5.69 Å². The molecule has 0 saturated heterocycles. The van der Waals surface area contributed by atoms with Crippen LogP contribution in [0.5, 0.6) is 5.75 Å². The Bertz CT molecular complexity index is 488. The van der Waals surface area contributed by atoms with Crippen molar-refractivity contribution in [1.82, 2.24) is 4.90 Å². The molecule has 1 amide bonds. The molecule has 1 aliphatic carbocycles. The van der Waals surface area contributed by atoms with Gasteiger partial charge in [0, 0.05) is 19.7 Å². The molecule has 1 N–H and O–H groups in total. The van der Waals surface area contributed by atoms with Gasteiger partial charge in [-0.05, 0) is 25.0 Å². The molecule has 1 fully saturated rings. The minimum Gasteiger partial charge on any atom is -0.477 e. The molecule has 1 saturated carbocycles. The third-order valence-corrected chi connectivity index (χ3v) is 3.72. The summed E-state index contributed by atoms with van der Waals surface area (Å²) in [6.45, 7) is 1.73. The van der Waals surface area contributed by atoms with Gasteiger partial charge in [0.1, 0.15) is 5.75 Å². The highest BCUT2D eigenvalue weighted by atomic mass is 16.5. The lowest BCUT2D eigenvalue weighted by molar-refractivity contribution is -0.139. The van der Waals surface area contributed by atoms with Crippen LogP contribution in [0.25, 0.3) is 0 Å². The summed E-state index contributed by atoms with van der Waals surface area (Å²) in [5, 5.41) is 3.26. The summed E-state index contributed by atoms with van der Waals surface area (Å²) in [5.74, 6) is 0.811. The van der Waals surface area contributed by atoms with Crippen LogP contribution < -0.4 is 10.1 Å². The number of fused-ring (bicyclic) bond motifs is 1. The maximum atomic E-state index is 12.6. The summed E-state index contributed by atoms with van der Waals surface area (Å²) in [7, 11) is 1.66. The van der Waals surface area contributed by atoms with E-state index in [4.69, 9.17) is 9.47 Å². The smallest absolute Gasteiger partial charge is 0.265 e. The molecule has 1 unspecified atom stereocenters. The van der Waals surface area contributed by atoms with Crippen molar-refractivity contribution in [2.24, 2.45) is 0 Å². The second kappa shape index (κ2) is 5.71. The van der Waals surface area contributed by atoms with Crippen LogP contribution in [0, 0.1) is 0 Å². The first-order valence-corrected chi connectivity index (χ1v) is 7.08. The molecule has 1 aromatic carbocycles. The number of ether oxygens (including phenoxy) is 2. The molecule has 0 bridgehead atoms. The average molecular weight is 276 g/mol. The Morgan fingerprint density at radius 2 is 2.25 bits per heavy atom. The van der Waals surface area contributed by atoms with Gasteiger partial charge in [0.2, 0.25) is 0 Å². The Morgan fingerprint density at radius 3 is 3.00 bits per heavy atom. The van der Waals surface area contributed by atoms with Crippen LogP contribution in [-0.4, -0.2) is 49.8 Å². The van der Waals surface area contributed by atoms with Crippen molar-refractivity contribution in [2.75, 3.05) is 32.1 Å². The third-order valence-electron chi connectivity index (χ3n) is 3.72. The standard InChI is InChI=1S/C15H20N2O3/c1-19-9-8-17(11-6-7-11)15(18)14-10-16-12-4-2-3-5-13(12)20-14/h2-5,11,14,16H,6-10H2,1H3. The molecule has 1 aliphatic heterocycles. The van der Waals surface area contributed by atoms with Gasteiger partial charge in [-0.15, -0.1) is 0 Å². The lowest BCUT2D eigenvalue weighted by Crippen LogP contribution is -2.48. The maximum absolute atomic E-state index is 12.6. The Labute approximate surface area is 118 Å². The van der Waals surface area contributed by atoms with Gasteiger partial charge in [0.25, 0.3) is 5.91 Å². The van der Waals surface area contributed by atoms with Gasteiger partial charge in [-0.3, -0.25) is 4.79 Å². The minimum atomic E-state index is -0.442. The number of para-hydroxylation sites is 2. The summed E-state index contributed by atoms with van der Waals surface area (Å²) in [4.78, 5) is 14.5. The molecule has 2 aliphatic rings. The van der Waals surface area contributed by atoms with Crippen LogP contribution in [0.3, 0.4) is 0 Å². The largest absolute Gasteiger partial charge is 0.477 e. The fourth-order valence-electron chi connectivity index (χ4n) is 2.48.